The van der Waals surface area contributed by atoms with Crippen molar-refractivity contribution >= 4 is 28.3 Å². The van der Waals surface area contributed by atoms with Crippen molar-refractivity contribution < 1.29 is 14.7 Å². The molecule has 1 aromatic heterocycles. The summed E-state index contributed by atoms with van der Waals surface area (Å²) in [5.41, 5.74) is 0.121. The van der Waals surface area contributed by atoms with Gasteiger partial charge in [0.15, 0.2) is 0 Å². The van der Waals surface area contributed by atoms with Crippen molar-refractivity contribution in [1.82, 2.24) is 10.2 Å². The number of carboxylic acid groups (broad SMARTS) is 1. The van der Waals surface area contributed by atoms with E-state index in [0.29, 0.717) is 17.6 Å². The fraction of sp³-hybridized carbons (Fsp3) is 0.500. The van der Waals surface area contributed by atoms with Gasteiger partial charge in [0.25, 0.3) is 0 Å². The van der Waals surface area contributed by atoms with E-state index in [1.54, 1.807) is 5.38 Å². The van der Waals surface area contributed by atoms with Crippen LogP contribution in [0.15, 0.2) is 11.4 Å². The van der Waals surface area contributed by atoms with Crippen LogP contribution in [-0.2, 0) is 0 Å². The Hall–Kier alpha value is -1.60. The van der Waals surface area contributed by atoms with Gasteiger partial charge in [0, 0.05) is 19.1 Å². The summed E-state index contributed by atoms with van der Waals surface area (Å²) in [7, 11) is 2.04. The van der Waals surface area contributed by atoms with E-state index in [0.717, 1.165) is 6.54 Å². The maximum atomic E-state index is 11.6. The number of rotatable bonds is 6. The van der Waals surface area contributed by atoms with Crippen LogP contribution in [0.4, 0.5) is 9.80 Å². The summed E-state index contributed by atoms with van der Waals surface area (Å²) in [6.07, 6.45) is 2.47. The van der Waals surface area contributed by atoms with Gasteiger partial charge >= 0.3 is 12.0 Å². The number of likely N-dealkylation sites (N-methyl/N-ethyl adjacent to an activating group) is 1. The Labute approximate surface area is 115 Å². The van der Waals surface area contributed by atoms with E-state index >= 15 is 0 Å². The lowest BCUT2D eigenvalue weighted by Crippen LogP contribution is -2.36. The number of anilines is 1. The Morgan fingerprint density at radius 2 is 2.26 bits per heavy atom. The number of carbonyl (C=O) groups is 2. The van der Waals surface area contributed by atoms with Crippen LogP contribution in [0.5, 0.6) is 0 Å². The first-order valence-corrected chi connectivity index (χ1v) is 7.02. The molecule has 3 N–H and O–H groups in total. The molecule has 0 aliphatic heterocycles. The molecular weight excluding hydrogens is 266 g/mol. The molecular formula is C12H17N3O3S. The Balaban J connectivity index is 1.74. The molecule has 1 saturated carbocycles. The van der Waals surface area contributed by atoms with Crippen LogP contribution >= 0.6 is 11.3 Å². The highest BCUT2D eigenvalue weighted by Gasteiger charge is 2.25. The van der Waals surface area contributed by atoms with Gasteiger partial charge in [0.1, 0.15) is 5.00 Å². The van der Waals surface area contributed by atoms with E-state index in [1.165, 1.54) is 30.2 Å². The number of carboxylic acids is 1. The SMILES string of the molecule is CN(CCNC(=O)Nc1sccc1C(=O)O)C1CC1. The van der Waals surface area contributed by atoms with Crippen LogP contribution in [0.1, 0.15) is 23.2 Å². The minimum Gasteiger partial charge on any atom is -0.478 e. The normalized spacial score (nSPS) is 14.4. The average molecular weight is 283 g/mol. The molecule has 19 heavy (non-hydrogen) atoms. The zero-order valence-electron chi connectivity index (χ0n) is 10.7. The van der Waals surface area contributed by atoms with E-state index < -0.39 is 5.97 Å². The first-order chi connectivity index (χ1) is 9.08. The fourth-order valence-electron chi connectivity index (χ4n) is 1.77. The van der Waals surface area contributed by atoms with Crippen LogP contribution in [0.3, 0.4) is 0 Å². The second kappa shape index (κ2) is 6.03. The van der Waals surface area contributed by atoms with Gasteiger partial charge in [-0.15, -0.1) is 11.3 Å². The Bertz CT molecular complexity index is 471. The van der Waals surface area contributed by atoms with Crippen molar-refractivity contribution in [3.63, 3.8) is 0 Å². The molecule has 104 valence electrons. The number of hydrogen-bond acceptors (Lipinski definition) is 4. The molecule has 1 fully saturated rings. The molecule has 1 aliphatic carbocycles. The van der Waals surface area contributed by atoms with Crippen molar-refractivity contribution in [1.29, 1.82) is 0 Å². The van der Waals surface area contributed by atoms with Crippen molar-refractivity contribution in [2.45, 2.75) is 18.9 Å². The summed E-state index contributed by atoms with van der Waals surface area (Å²) in [6.45, 7) is 1.35. The molecule has 7 heteroatoms. The molecule has 0 spiro atoms. The lowest BCUT2D eigenvalue weighted by atomic mass is 10.3. The van der Waals surface area contributed by atoms with Crippen LogP contribution in [0, 0.1) is 0 Å². The van der Waals surface area contributed by atoms with Crippen molar-refractivity contribution in [3.8, 4) is 0 Å². The Morgan fingerprint density at radius 3 is 2.89 bits per heavy atom. The fourth-order valence-corrected chi connectivity index (χ4v) is 2.54. The number of aromatic carboxylic acids is 1. The predicted octanol–water partition coefficient (Wildman–Crippen LogP) is 1.66. The minimum atomic E-state index is -1.04. The first-order valence-electron chi connectivity index (χ1n) is 6.14. The van der Waals surface area contributed by atoms with Gasteiger partial charge in [-0.1, -0.05) is 0 Å². The minimum absolute atomic E-state index is 0.121. The molecule has 0 saturated heterocycles. The smallest absolute Gasteiger partial charge is 0.338 e. The number of amides is 2. The maximum Gasteiger partial charge on any atom is 0.338 e. The molecule has 2 rings (SSSR count). The molecule has 2 amide bonds. The Kier molecular flexibility index (Phi) is 4.39. The third kappa shape index (κ3) is 3.93. The molecule has 0 atom stereocenters. The van der Waals surface area contributed by atoms with E-state index in [1.807, 2.05) is 7.05 Å². The van der Waals surface area contributed by atoms with Crippen LogP contribution in [0.2, 0.25) is 0 Å². The zero-order chi connectivity index (χ0) is 13.8. The summed E-state index contributed by atoms with van der Waals surface area (Å²) in [5.74, 6) is -1.04. The summed E-state index contributed by atoms with van der Waals surface area (Å²) in [6, 6.07) is 1.78. The highest BCUT2D eigenvalue weighted by atomic mass is 32.1. The van der Waals surface area contributed by atoms with Crippen molar-refractivity contribution in [2.24, 2.45) is 0 Å². The molecule has 0 aromatic carbocycles. The molecule has 0 unspecified atom stereocenters. The van der Waals surface area contributed by atoms with Crippen LogP contribution in [0.25, 0.3) is 0 Å². The van der Waals surface area contributed by atoms with E-state index in [2.05, 4.69) is 15.5 Å². The second-order valence-electron chi connectivity index (χ2n) is 4.56. The largest absolute Gasteiger partial charge is 0.478 e. The molecule has 0 radical (unpaired) electrons. The van der Waals surface area contributed by atoms with Gasteiger partial charge in [-0.3, -0.25) is 5.32 Å². The summed E-state index contributed by atoms with van der Waals surface area (Å²) < 4.78 is 0. The van der Waals surface area contributed by atoms with Crippen LogP contribution in [-0.4, -0.2) is 48.2 Å². The quantitative estimate of drug-likeness (QED) is 0.741. The second-order valence-corrected chi connectivity index (χ2v) is 5.48. The van der Waals surface area contributed by atoms with Gasteiger partial charge in [-0.2, -0.15) is 0 Å². The first kappa shape index (κ1) is 13.8. The predicted molar refractivity (Wildman–Crippen MR) is 74.0 cm³/mol. The third-order valence-electron chi connectivity index (χ3n) is 3.04. The molecule has 1 heterocycles. The summed E-state index contributed by atoms with van der Waals surface area (Å²) in [4.78, 5) is 24.7. The standard InChI is InChI=1S/C12H17N3O3S/c1-15(8-2-3-8)6-5-13-12(18)14-10-9(11(16)17)4-7-19-10/h4,7-8H,2-3,5-6H2,1H3,(H,16,17)(H2,13,14,18). The number of hydrogen-bond donors (Lipinski definition) is 3. The highest BCUT2D eigenvalue weighted by Crippen LogP contribution is 2.24. The highest BCUT2D eigenvalue weighted by molar-refractivity contribution is 7.14. The molecule has 1 aliphatic rings. The van der Waals surface area contributed by atoms with Crippen LogP contribution < -0.4 is 10.6 Å². The van der Waals surface area contributed by atoms with Gasteiger partial charge in [0.2, 0.25) is 0 Å². The number of thiophene rings is 1. The average Bonchev–Trinajstić information content (AvgIpc) is 3.10. The Morgan fingerprint density at radius 1 is 1.53 bits per heavy atom. The van der Waals surface area contributed by atoms with Gasteiger partial charge < -0.3 is 15.3 Å². The number of nitrogens with one attached hydrogen (secondary N) is 2. The summed E-state index contributed by atoms with van der Waals surface area (Å²) >= 11 is 1.20. The molecule has 0 bridgehead atoms. The van der Waals surface area contributed by atoms with Gasteiger partial charge in [-0.05, 0) is 31.3 Å². The maximum absolute atomic E-state index is 11.6. The van der Waals surface area contributed by atoms with Gasteiger partial charge in [0.05, 0.1) is 5.56 Å². The molecule has 1 aromatic rings. The zero-order valence-corrected chi connectivity index (χ0v) is 11.5. The third-order valence-corrected chi connectivity index (χ3v) is 3.87. The topological polar surface area (TPSA) is 81.7 Å². The van der Waals surface area contributed by atoms with Crippen molar-refractivity contribution in [2.75, 3.05) is 25.5 Å². The van der Waals surface area contributed by atoms with E-state index in [4.69, 9.17) is 5.11 Å². The summed E-state index contributed by atoms with van der Waals surface area (Å²) in [5, 5.41) is 16.2. The molecule has 6 nitrogen and oxygen atoms in total. The van der Waals surface area contributed by atoms with Gasteiger partial charge in [-0.25, -0.2) is 9.59 Å². The van der Waals surface area contributed by atoms with Crippen molar-refractivity contribution in [3.05, 3.63) is 17.0 Å². The lowest BCUT2D eigenvalue weighted by Gasteiger charge is -2.15. The monoisotopic (exact) mass is 283 g/mol. The van der Waals surface area contributed by atoms with E-state index in [-0.39, 0.29) is 11.6 Å². The number of nitrogens with zero attached hydrogens (tertiary/aromatic N) is 1. The lowest BCUT2D eigenvalue weighted by molar-refractivity contribution is 0.0698. The number of urea groups is 1. The van der Waals surface area contributed by atoms with E-state index in [9.17, 15) is 9.59 Å². The number of carbonyl (C=O) groups excluding carboxylic acids is 1.